The van der Waals surface area contributed by atoms with Gasteiger partial charge in [0, 0.05) is 11.8 Å². The Bertz CT molecular complexity index is 488. The first-order valence-electron chi connectivity index (χ1n) is 5.33. The summed E-state index contributed by atoms with van der Waals surface area (Å²) in [4.78, 5) is 9.45. The Morgan fingerprint density at radius 1 is 1.35 bits per heavy atom. The predicted octanol–water partition coefficient (Wildman–Crippen LogP) is 3.73. The normalized spacial score (nSPS) is 11.9. The van der Waals surface area contributed by atoms with E-state index in [1.54, 1.807) is 17.7 Å². The Labute approximate surface area is 114 Å². The zero-order valence-electron chi connectivity index (χ0n) is 9.41. The van der Waals surface area contributed by atoms with Gasteiger partial charge < -0.3 is 5.32 Å². The van der Waals surface area contributed by atoms with Gasteiger partial charge in [0.25, 0.3) is 0 Å². The number of aromatic nitrogens is 2. The van der Waals surface area contributed by atoms with Crippen molar-refractivity contribution in [3.05, 3.63) is 17.8 Å². The van der Waals surface area contributed by atoms with E-state index < -0.39 is 0 Å². The summed E-state index contributed by atoms with van der Waals surface area (Å²) in [5.74, 6) is 1.70. The Balaban J connectivity index is 2.37. The van der Waals surface area contributed by atoms with E-state index in [0.29, 0.717) is 11.8 Å². The van der Waals surface area contributed by atoms with Gasteiger partial charge >= 0.3 is 0 Å². The molecule has 1 N–H and O–H groups in total. The summed E-state index contributed by atoms with van der Waals surface area (Å²) in [6.07, 6.45) is 2.40. The van der Waals surface area contributed by atoms with E-state index in [4.69, 9.17) is 23.2 Å². The molecule has 3 nitrogen and oxygen atoms in total. The van der Waals surface area contributed by atoms with Crippen molar-refractivity contribution in [2.75, 3.05) is 17.1 Å². The maximum absolute atomic E-state index is 6.01. The van der Waals surface area contributed by atoms with Crippen LogP contribution in [0.15, 0.2) is 17.8 Å². The van der Waals surface area contributed by atoms with Gasteiger partial charge in [0.1, 0.15) is 17.0 Å². The van der Waals surface area contributed by atoms with Crippen LogP contribution in [0.25, 0.3) is 10.2 Å². The highest BCUT2D eigenvalue weighted by atomic mass is 35.5. The molecule has 2 heterocycles. The summed E-state index contributed by atoms with van der Waals surface area (Å²) in [6.45, 7) is 2.06. The largest absolute Gasteiger partial charge is 0.362 e. The third-order valence-electron chi connectivity index (χ3n) is 2.83. The standard InChI is InChI=1S/C11H13Cl2N3S/c1-2-11(5-12,6-13)16-9-8-3-4-17-10(8)15-7-14-9/h3-4,7H,2,5-6H2,1H3,(H,14,15,16). The van der Waals surface area contributed by atoms with Crippen LogP contribution in [0.5, 0.6) is 0 Å². The number of thiophene rings is 1. The molecule has 2 aromatic rings. The van der Waals surface area contributed by atoms with Crippen LogP contribution < -0.4 is 5.32 Å². The van der Waals surface area contributed by atoms with Crippen molar-refractivity contribution >= 4 is 50.6 Å². The van der Waals surface area contributed by atoms with Crippen LogP contribution >= 0.6 is 34.5 Å². The van der Waals surface area contributed by atoms with Crippen LogP contribution in [-0.2, 0) is 0 Å². The quantitative estimate of drug-likeness (QED) is 0.853. The summed E-state index contributed by atoms with van der Waals surface area (Å²) in [6, 6.07) is 2.01. The second kappa shape index (κ2) is 5.38. The van der Waals surface area contributed by atoms with Crippen LogP contribution in [0.3, 0.4) is 0 Å². The maximum atomic E-state index is 6.01. The Morgan fingerprint density at radius 2 is 2.12 bits per heavy atom. The van der Waals surface area contributed by atoms with Crippen molar-refractivity contribution in [1.82, 2.24) is 9.97 Å². The average molecular weight is 290 g/mol. The first-order chi connectivity index (χ1) is 8.24. The fourth-order valence-electron chi connectivity index (χ4n) is 1.52. The van der Waals surface area contributed by atoms with Crippen LogP contribution in [-0.4, -0.2) is 27.3 Å². The first kappa shape index (κ1) is 12.9. The SMILES string of the molecule is CCC(CCl)(CCl)Nc1ncnc2sccc12. The molecule has 0 atom stereocenters. The van der Waals surface area contributed by atoms with Gasteiger partial charge in [-0.3, -0.25) is 0 Å². The molecule has 17 heavy (non-hydrogen) atoms. The molecule has 0 fully saturated rings. The van der Waals surface area contributed by atoms with Crippen molar-refractivity contribution in [2.45, 2.75) is 18.9 Å². The van der Waals surface area contributed by atoms with Crippen LogP contribution in [0.2, 0.25) is 0 Å². The lowest BCUT2D eigenvalue weighted by Crippen LogP contribution is -2.42. The van der Waals surface area contributed by atoms with E-state index in [1.807, 2.05) is 11.4 Å². The second-order valence-electron chi connectivity index (χ2n) is 3.89. The fraction of sp³-hybridized carbons (Fsp3) is 0.455. The van der Waals surface area contributed by atoms with Crippen molar-refractivity contribution in [1.29, 1.82) is 0 Å². The molecule has 0 aliphatic rings. The van der Waals surface area contributed by atoms with Gasteiger partial charge in [-0.1, -0.05) is 6.92 Å². The predicted molar refractivity (Wildman–Crippen MR) is 75.5 cm³/mol. The minimum Gasteiger partial charge on any atom is -0.362 e. The highest BCUT2D eigenvalue weighted by Gasteiger charge is 2.27. The maximum Gasteiger partial charge on any atom is 0.138 e. The third kappa shape index (κ3) is 2.49. The van der Waals surface area contributed by atoms with Crippen molar-refractivity contribution in [3.63, 3.8) is 0 Å². The van der Waals surface area contributed by atoms with E-state index in [1.165, 1.54) is 0 Å². The zero-order chi connectivity index (χ0) is 12.3. The molecular formula is C11H13Cl2N3S. The van der Waals surface area contributed by atoms with Crippen LogP contribution in [0.1, 0.15) is 13.3 Å². The van der Waals surface area contributed by atoms with E-state index in [-0.39, 0.29) is 5.54 Å². The van der Waals surface area contributed by atoms with Gasteiger partial charge in [0.05, 0.1) is 10.9 Å². The number of rotatable bonds is 5. The second-order valence-corrected chi connectivity index (χ2v) is 5.32. The molecule has 0 saturated heterocycles. The van der Waals surface area contributed by atoms with Gasteiger partial charge in [0.2, 0.25) is 0 Å². The molecule has 0 spiro atoms. The third-order valence-corrected chi connectivity index (χ3v) is 4.68. The molecule has 0 aliphatic carbocycles. The minimum atomic E-state index is -0.313. The summed E-state index contributed by atoms with van der Waals surface area (Å²) < 4.78 is 0. The van der Waals surface area contributed by atoms with Gasteiger partial charge in [-0.05, 0) is 17.9 Å². The lowest BCUT2D eigenvalue weighted by molar-refractivity contribution is 0.558. The van der Waals surface area contributed by atoms with Gasteiger partial charge in [-0.25, -0.2) is 9.97 Å². The van der Waals surface area contributed by atoms with Crippen LogP contribution in [0, 0.1) is 0 Å². The molecule has 0 saturated carbocycles. The number of nitrogens with one attached hydrogen (secondary N) is 1. The van der Waals surface area contributed by atoms with E-state index in [2.05, 4.69) is 22.2 Å². The number of anilines is 1. The fourth-order valence-corrected chi connectivity index (χ4v) is 3.05. The molecular weight excluding hydrogens is 277 g/mol. The highest BCUT2D eigenvalue weighted by Crippen LogP contribution is 2.28. The lowest BCUT2D eigenvalue weighted by atomic mass is 10.0. The molecule has 0 amide bonds. The van der Waals surface area contributed by atoms with Gasteiger partial charge in [-0.15, -0.1) is 34.5 Å². The minimum absolute atomic E-state index is 0.313. The molecule has 0 bridgehead atoms. The van der Waals surface area contributed by atoms with E-state index in [0.717, 1.165) is 22.5 Å². The molecule has 2 aromatic heterocycles. The number of hydrogen-bond acceptors (Lipinski definition) is 4. The number of hydrogen-bond donors (Lipinski definition) is 1. The average Bonchev–Trinajstić information content (AvgIpc) is 2.85. The summed E-state index contributed by atoms with van der Waals surface area (Å²) in [5.41, 5.74) is -0.313. The molecule has 2 rings (SSSR count). The number of nitrogens with zero attached hydrogens (tertiary/aromatic N) is 2. The zero-order valence-corrected chi connectivity index (χ0v) is 11.7. The molecule has 92 valence electrons. The number of halogens is 2. The van der Waals surface area contributed by atoms with Crippen molar-refractivity contribution in [2.24, 2.45) is 0 Å². The molecule has 0 radical (unpaired) electrons. The Morgan fingerprint density at radius 3 is 2.76 bits per heavy atom. The van der Waals surface area contributed by atoms with Crippen molar-refractivity contribution < 1.29 is 0 Å². The summed E-state index contributed by atoms with van der Waals surface area (Å²) >= 11 is 13.6. The summed E-state index contributed by atoms with van der Waals surface area (Å²) in [5, 5.41) is 6.38. The molecule has 6 heteroatoms. The number of alkyl halides is 2. The topological polar surface area (TPSA) is 37.8 Å². The van der Waals surface area contributed by atoms with Crippen molar-refractivity contribution in [3.8, 4) is 0 Å². The van der Waals surface area contributed by atoms with E-state index in [9.17, 15) is 0 Å². The Kier molecular flexibility index (Phi) is 4.07. The lowest BCUT2D eigenvalue weighted by Gasteiger charge is -2.30. The summed E-state index contributed by atoms with van der Waals surface area (Å²) in [7, 11) is 0. The number of fused-ring (bicyclic) bond motifs is 1. The molecule has 0 aliphatic heterocycles. The van der Waals surface area contributed by atoms with E-state index >= 15 is 0 Å². The molecule has 0 unspecified atom stereocenters. The highest BCUT2D eigenvalue weighted by molar-refractivity contribution is 7.16. The van der Waals surface area contributed by atoms with Gasteiger partial charge in [0.15, 0.2) is 0 Å². The van der Waals surface area contributed by atoms with Crippen LogP contribution in [0.4, 0.5) is 5.82 Å². The monoisotopic (exact) mass is 289 g/mol. The first-order valence-corrected chi connectivity index (χ1v) is 7.28. The van der Waals surface area contributed by atoms with Gasteiger partial charge in [-0.2, -0.15) is 0 Å². The smallest absolute Gasteiger partial charge is 0.138 e. The Hall–Kier alpha value is -0.580. The molecule has 0 aromatic carbocycles.